The third-order valence-corrected chi connectivity index (χ3v) is 5.65. The number of para-hydroxylation sites is 1. The van der Waals surface area contributed by atoms with E-state index in [1.54, 1.807) is 11.1 Å². The first-order valence-corrected chi connectivity index (χ1v) is 10.2. The highest BCUT2D eigenvalue weighted by Gasteiger charge is 2.30. The Hall–Kier alpha value is -3.09. The summed E-state index contributed by atoms with van der Waals surface area (Å²) in [7, 11) is 0. The molecule has 0 bridgehead atoms. The lowest BCUT2D eigenvalue weighted by molar-refractivity contribution is 0.0788. The number of aromatic nitrogens is 1. The third kappa shape index (κ3) is 4.50. The predicted octanol–water partition coefficient (Wildman–Crippen LogP) is 2.14. The molecule has 1 aromatic carbocycles. The van der Waals surface area contributed by atoms with Crippen LogP contribution in [0, 0.1) is 6.92 Å². The minimum atomic E-state index is -0.0333. The summed E-state index contributed by atoms with van der Waals surface area (Å²) in [5.41, 5.74) is 2.68. The van der Waals surface area contributed by atoms with Gasteiger partial charge in [-0.3, -0.25) is 9.78 Å². The molecule has 2 saturated heterocycles. The van der Waals surface area contributed by atoms with Gasteiger partial charge in [0.05, 0.1) is 5.56 Å². The van der Waals surface area contributed by atoms with Gasteiger partial charge in [0.2, 0.25) is 0 Å². The van der Waals surface area contributed by atoms with Crippen molar-refractivity contribution in [2.75, 3.05) is 44.2 Å². The molecule has 29 heavy (non-hydrogen) atoms. The summed E-state index contributed by atoms with van der Waals surface area (Å²) in [5, 5.41) is 3.11. The maximum Gasteiger partial charge on any atom is 0.317 e. The standard InChI is InChI=1S/C22H27N5O2/c1-17-7-8-18(15-23-17)21(28)27-10-9-19(16-27)24-22(29)26-13-11-25(12-14-26)20-5-3-2-4-6-20/h2-8,15,19H,9-14,16H2,1H3,(H,24,29)/t19-/m1/s1. The van der Waals surface area contributed by atoms with Crippen molar-refractivity contribution >= 4 is 17.6 Å². The second-order valence-corrected chi connectivity index (χ2v) is 7.68. The molecule has 3 heterocycles. The lowest BCUT2D eigenvalue weighted by Crippen LogP contribution is -2.54. The van der Waals surface area contributed by atoms with E-state index in [4.69, 9.17) is 0 Å². The highest BCUT2D eigenvalue weighted by Crippen LogP contribution is 2.17. The average Bonchev–Trinajstić information content (AvgIpc) is 3.23. The zero-order chi connectivity index (χ0) is 20.2. The Morgan fingerprint density at radius 1 is 0.966 bits per heavy atom. The highest BCUT2D eigenvalue weighted by molar-refractivity contribution is 5.94. The van der Waals surface area contributed by atoms with Gasteiger partial charge in [0, 0.05) is 62.9 Å². The van der Waals surface area contributed by atoms with Crippen LogP contribution in [0.15, 0.2) is 48.7 Å². The molecule has 1 aromatic heterocycles. The van der Waals surface area contributed by atoms with Crippen molar-refractivity contribution in [3.63, 3.8) is 0 Å². The average molecular weight is 393 g/mol. The molecule has 0 saturated carbocycles. The molecule has 2 aliphatic rings. The van der Waals surface area contributed by atoms with Crippen LogP contribution in [-0.4, -0.2) is 72.0 Å². The van der Waals surface area contributed by atoms with Crippen LogP contribution in [0.25, 0.3) is 0 Å². The molecular weight excluding hydrogens is 366 g/mol. The number of carbonyl (C=O) groups is 2. The maximum atomic E-state index is 12.7. The van der Waals surface area contributed by atoms with E-state index < -0.39 is 0 Å². The van der Waals surface area contributed by atoms with E-state index in [2.05, 4.69) is 27.3 Å². The van der Waals surface area contributed by atoms with Gasteiger partial charge in [0.1, 0.15) is 0 Å². The van der Waals surface area contributed by atoms with Gasteiger partial charge >= 0.3 is 6.03 Å². The first-order chi connectivity index (χ1) is 14.1. The van der Waals surface area contributed by atoms with E-state index in [0.29, 0.717) is 31.7 Å². The van der Waals surface area contributed by atoms with Crippen molar-refractivity contribution in [1.82, 2.24) is 20.1 Å². The molecule has 7 nitrogen and oxygen atoms in total. The molecule has 4 rings (SSSR count). The summed E-state index contributed by atoms with van der Waals surface area (Å²) < 4.78 is 0. The number of anilines is 1. The van der Waals surface area contributed by atoms with Crippen molar-refractivity contribution in [3.05, 3.63) is 59.9 Å². The lowest BCUT2D eigenvalue weighted by atomic mass is 10.2. The highest BCUT2D eigenvalue weighted by atomic mass is 16.2. The van der Waals surface area contributed by atoms with E-state index in [0.717, 1.165) is 25.2 Å². The van der Waals surface area contributed by atoms with Crippen LogP contribution in [0.1, 0.15) is 22.5 Å². The number of urea groups is 1. The fourth-order valence-electron chi connectivity index (χ4n) is 3.91. The maximum absolute atomic E-state index is 12.7. The van der Waals surface area contributed by atoms with Gasteiger partial charge in [-0.25, -0.2) is 4.79 Å². The number of nitrogens with one attached hydrogen (secondary N) is 1. The molecule has 0 aliphatic carbocycles. The van der Waals surface area contributed by atoms with Crippen molar-refractivity contribution in [2.24, 2.45) is 0 Å². The van der Waals surface area contributed by atoms with E-state index in [9.17, 15) is 9.59 Å². The van der Waals surface area contributed by atoms with Crippen LogP contribution in [0.3, 0.4) is 0 Å². The predicted molar refractivity (Wildman–Crippen MR) is 112 cm³/mol. The van der Waals surface area contributed by atoms with Crippen LogP contribution in [0.2, 0.25) is 0 Å². The summed E-state index contributed by atoms with van der Waals surface area (Å²) in [6, 6.07) is 13.9. The number of likely N-dealkylation sites (tertiary alicyclic amines) is 1. The molecular formula is C22H27N5O2. The molecule has 1 atom stereocenters. The molecule has 1 N–H and O–H groups in total. The van der Waals surface area contributed by atoms with E-state index in [-0.39, 0.29) is 18.0 Å². The Balaban J connectivity index is 1.25. The van der Waals surface area contributed by atoms with Crippen LogP contribution in [0.5, 0.6) is 0 Å². The Morgan fingerprint density at radius 3 is 2.41 bits per heavy atom. The Bertz CT molecular complexity index is 847. The van der Waals surface area contributed by atoms with Gasteiger partial charge in [-0.2, -0.15) is 0 Å². The molecule has 2 aromatic rings. The number of piperazine rings is 1. The minimum Gasteiger partial charge on any atom is -0.368 e. The van der Waals surface area contributed by atoms with Crippen LogP contribution < -0.4 is 10.2 Å². The van der Waals surface area contributed by atoms with Gasteiger partial charge in [0.15, 0.2) is 0 Å². The minimum absolute atomic E-state index is 0.00277. The number of nitrogens with zero attached hydrogens (tertiary/aromatic N) is 4. The summed E-state index contributed by atoms with van der Waals surface area (Å²) in [6.45, 7) is 6.15. The van der Waals surface area contributed by atoms with Gasteiger partial charge < -0.3 is 20.0 Å². The number of benzene rings is 1. The lowest BCUT2D eigenvalue weighted by Gasteiger charge is -2.36. The third-order valence-electron chi connectivity index (χ3n) is 5.65. The fourth-order valence-corrected chi connectivity index (χ4v) is 3.91. The van der Waals surface area contributed by atoms with E-state index >= 15 is 0 Å². The summed E-state index contributed by atoms with van der Waals surface area (Å²) in [4.78, 5) is 35.4. The number of hydrogen-bond acceptors (Lipinski definition) is 4. The number of hydrogen-bond donors (Lipinski definition) is 1. The van der Waals surface area contributed by atoms with Crippen molar-refractivity contribution in [1.29, 1.82) is 0 Å². The van der Waals surface area contributed by atoms with Crippen LogP contribution in [0.4, 0.5) is 10.5 Å². The topological polar surface area (TPSA) is 68.8 Å². The summed E-state index contributed by atoms with van der Waals surface area (Å²) >= 11 is 0. The largest absolute Gasteiger partial charge is 0.368 e. The smallest absolute Gasteiger partial charge is 0.317 e. The molecule has 0 unspecified atom stereocenters. The van der Waals surface area contributed by atoms with Crippen LogP contribution in [-0.2, 0) is 0 Å². The normalized spacial score (nSPS) is 19.3. The van der Waals surface area contributed by atoms with Crippen molar-refractivity contribution in [2.45, 2.75) is 19.4 Å². The molecule has 0 spiro atoms. The zero-order valence-corrected chi connectivity index (χ0v) is 16.8. The van der Waals surface area contributed by atoms with Crippen LogP contribution >= 0.6 is 0 Å². The Kier molecular flexibility index (Phi) is 5.64. The van der Waals surface area contributed by atoms with Crippen molar-refractivity contribution < 1.29 is 9.59 Å². The number of aryl methyl sites for hydroxylation is 1. The van der Waals surface area contributed by atoms with Gasteiger partial charge in [-0.1, -0.05) is 18.2 Å². The van der Waals surface area contributed by atoms with Gasteiger partial charge in [-0.15, -0.1) is 0 Å². The molecule has 2 aliphatic heterocycles. The number of rotatable bonds is 3. The first-order valence-electron chi connectivity index (χ1n) is 10.2. The fraction of sp³-hybridized carbons (Fsp3) is 0.409. The molecule has 3 amide bonds. The monoisotopic (exact) mass is 393 g/mol. The first kappa shape index (κ1) is 19.2. The second-order valence-electron chi connectivity index (χ2n) is 7.68. The molecule has 2 fully saturated rings. The summed E-state index contributed by atoms with van der Waals surface area (Å²) in [5.74, 6) is -0.0225. The van der Waals surface area contributed by atoms with Gasteiger partial charge in [-0.05, 0) is 37.6 Å². The summed E-state index contributed by atoms with van der Waals surface area (Å²) in [6.07, 6.45) is 2.40. The number of carbonyl (C=O) groups excluding carboxylic acids is 2. The number of amides is 3. The molecule has 152 valence electrons. The Morgan fingerprint density at radius 2 is 1.72 bits per heavy atom. The van der Waals surface area contributed by atoms with E-state index in [1.807, 2.05) is 42.2 Å². The Labute approximate surface area is 171 Å². The number of pyridine rings is 1. The molecule has 7 heteroatoms. The zero-order valence-electron chi connectivity index (χ0n) is 16.8. The molecule has 0 radical (unpaired) electrons. The van der Waals surface area contributed by atoms with Crippen molar-refractivity contribution in [3.8, 4) is 0 Å². The quantitative estimate of drug-likeness (QED) is 0.868. The van der Waals surface area contributed by atoms with Gasteiger partial charge in [0.25, 0.3) is 5.91 Å². The second kappa shape index (κ2) is 8.51. The van der Waals surface area contributed by atoms with E-state index in [1.165, 1.54) is 5.69 Å². The SMILES string of the molecule is Cc1ccc(C(=O)N2CC[C@@H](NC(=O)N3CCN(c4ccccc4)CC3)C2)cn1.